The minimum absolute atomic E-state index is 0.0745. The Kier molecular flexibility index (Phi) is 8.71. The van der Waals surface area contributed by atoms with E-state index in [1.807, 2.05) is 18.2 Å². The largest absolute Gasteiger partial charge is 0.497 e. The molecular formula is C31H37N3O5S. The van der Waals surface area contributed by atoms with Crippen LogP contribution >= 0.6 is 0 Å². The maximum atomic E-state index is 13.3. The van der Waals surface area contributed by atoms with Crippen molar-refractivity contribution in [3.63, 3.8) is 0 Å². The van der Waals surface area contributed by atoms with Crippen LogP contribution in [0.1, 0.15) is 50.5 Å². The Labute approximate surface area is 236 Å². The van der Waals surface area contributed by atoms with Gasteiger partial charge in [0.25, 0.3) is 5.69 Å². The first-order chi connectivity index (χ1) is 19.3. The number of nitrogens with zero attached hydrogens (tertiary/aromatic N) is 3. The predicted molar refractivity (Wildman–Crippen MR) is 156 cm³/mol. The Morgan fingerprint density at radius 2 is 1.52 bits per heavy atom. The van der Waals surface area contributed by atoms with E-state index in [1.54, 1.807) is 55.6 Å². The molecule has 1 aliphatic carbocycles. The summed E-state index contributed by atoms with van der Waals surface area (Å²) in [4.78, 5) is 16.4. The lowest BCUT2D eigenvalue weighted by molar-refractivity contribution is -0.384. The quantitative estimate of drug-likeness (QED) is 0.225. The fraction of sp³-hybridized carbons (Fsp3) is 0.419. The summed E-state index contributed by atoms with van der Waals surface area (Å²) in [5.74, 6) is 0.598. The fourth-order valence-corrected chi connectivity index (χ4v) is 7.37. The number of likely N-dealkylation sites (tertiary alicyclic amines) is 1. The SMILES string of the molecule is COc1ccc(S(=O)(=O)c2ccc(N(Cc3cccc([N+](=O)[O-])c3)C3CCN(C4CCCCC4)CC3)cc2)cc1. The van der Waals surface area contributed by atoms with Crippen LogP contribution in [0.5, 0.6) is 5.75 Å². The molecule has 0 atom stereocenters. The maximum Gasteiger partial charge on any atom is 0.269 e. The molecule has 0 radical (unpaired) electrons. The lowest BCUT2D eigenvalue weighted by atomic mass is 9.91. The van der Waals surface area contributed by atoms with Crippen LogP contribution in [-0.2, 0) is 16.4 Å². The minimum Gasteiger partial charge on any atom is -0.497 e. The monoisotopic (exact) mass is 563 g/mol. The molecule has 8 nitrogen and oxygen atoms in total. The number of methoxy groups -OCH3 is 1. The number of hydrogen-bond acceptors (Lipinski definition) is 7. The highest BCUT2D eigenvalue weighted by atomic mass is 32.2. The third kappa shape index (κ3) is 6.31. The molecule has 1 aliphatic heterocycles. The second-order valence-corrected chi connectivity index (χ2v) is 12.7. The van der Waals surface area contributed by atoms with E-state index in [0.29, 0.717) is 18.3 Å². The summed E-state index contributed by atoms with van der Waals surface area (Å²) in [5, 5.41) is 11.4. The minimum atomic E-state index is -3.68. The number of nitro groups is 1. The van der Waals surface area contributed by atoms with E-state index in [4.69, 9.17) is 4.74 Å². The molecule has 1 saturated carbocycles. The molecule has 0 unspecified atom stereocenters. The number of piperidine rings is 1. The summed E-state index contributed by atoms with van der Waals surface area (Å²) in [6, 6.07) is 21.1. The molecule has 2 aliphatic rings. The van der Waals surface area contributed by atoms with Crippen molar-refractivity contribution < 1.29 is 18.1 Å². The van der Waals surface area contributed by atoms with Gasteiger partial charge in [-0.2, -0.15) is 0 Å². The zero-order valence-corrected chi connectivity index (χ0v) is 23.8. The van der Waals surface area contributed by atoms with Crippen LogP contribution in [0.3, 0.4) is 0 Å². The summed E-state index contributed by atoms with van der Waals surface area (Å²) in [6.45, 7) is 2.58. The van der Waals surface area contributed by atoms with Gasteiger partial charge in [0, 0.05) is 49.5 Å². The number of sulfone groups is 1. The number of benzene rings is 3. The van der Waals surface area contributed by atoms with Gasteiger partial charge in [0.05, 0.1) is 21.8 Å². The first-order valence-electron chi connectivity index (χ1n) is 14.1. The molecule has 0 N–H and O–H groups in total. The van der Waals surface area contributed by atoms with Crippen molar-refractivity contribution in [3.8, 4) is 5.75 Å². The molecule has 9 heteroatoms. The smallest absolute Gasteiger partial charge is 0.269 e. The first kappa shape index (κ1) is 28.1. The topological polar surface area (TPSA) is 93.0 Å². The predicted octanol–water partition coefficient (Wildman–Crippen LogP) is 6.24. The van der Waals surface area contributed by atoms with Crippen molar-refractivity contribution in [1.29, 1.82) is 0 Å². The third-order valence-corrected chi connectivity index (χ3v) is 10.1. The Morgan fingerprint density at radius 1 is 0.900 bits per heavy atom. The molecule has 0 amide bonds. The normalized spacial score (nSPS) is 17.4. The number of nitro benzene ring substituents is 1. The van der Waals surface area contributed by atoms with Crippen LogP contribution in [0.25, 0.3) is 0 Å². The number of anilines is 1. The maximum absolute atomic E-state index is 13.3. The zero-order valence-electron chi connectivity index (χ0n) is 22.9. The average Bonchev–Trinajstić information content (AvgIpc) is 3.00. The average molecular weight is 564 g/mol. The van der Waals surface area contributed by atoms with Gasteiger partial charge in [-0.05, 0) is 79.8 Å². The number of hydrogen-bond donors (Lipinski definition) is 0. The van der Waals surface area contributed by atoms with Crippen LogP contribution in [0.2, 0.25) is 0 Å². The zero-order chi connectivity index (χ0) is 28.1. The lowest BCUT2D eigenvalue weighted by Crippen LogP contribution is -2.48. The van der Waals surface area contributed by atoms with E-state index in [2.05, 4.69) is 9.80 Å². The van der Waals surface area contributed by atoms with Gasteiger partial charge in [0.15, 0.2) is 0 Å². The highest BCUT2D eigenvalue weighted by Gasteiger charge is 2.30. The van der Waals surface area contributed by atoms with Crippen molar-refractivity contribution in [3.05, 3.63) is 88.5 Å². The molecule has 0 aromatic heterocycles. The summed E-state index contributed by atoms with van der Waals surface area (Å²) < 4.78 is 31.7. The second-order valence-electron chi connectivity index (χ2n) is 10.8. The summed E-state index contributed by atoms with van der Waals surface area (Å²) in [6.07, 6.45) is 8.53. The molecule has 5 rings (SSSR count). The Balaban J connectivity index is 1.38. The van der Waals surface area contributed by atoms with Crippen molar-refractivity contribution in [2.75, 3.05) is 25.1 Å². The van der Waals surface area contributed by atoms with Crippen molar-refractivity contribution in [2.24, 2.45) is 0 Å². The van der Waals surface area contributed by atoms with Gasteiger partial charge >= 0.3 is 0 Å². The van der Waals surface area contributed by atoms with Crippen LogP contribution in [0.15, 0.2) is 82.6 Å². The number of ether oxygens (including phenoxy) is 1. The lowest BCUT2D eigenvalue weighted by Gasteiger charge is -2.43. The molecular weight excluding hydrogens is 526 g/mol. The third-order valence-electron chi connectivity index (χ3n) is 8.35. The molecule has 3 aromatic rings. The second kappa shape index (κ2) is 12.4. The molecule has 2 fully saturated rings. The van der Waals surface area contributed by atoms with Gasteiger partial charge in [-0.1, -0.05) is 31.4 Å². The summed E-state index contributed by atoms with van der Waals surface area (Å²) in [7, 11) is -2.14. The highest BCUT2D eigenvalue weighted by Crippen LogP contribution is 2.32. The van der Waals surface area contributed by atoms with Gasteiger partial charge < -0.3 is 14.5 Å². The Morgan fingerprint density at radius 3 is 2.12 bits per heavy atom. The van der Waals surface area contributed by atoms with Gasteiger partial charge in [-0.3, -0.25) is 10.1 Å². The van der Waals surface area contributed by atoms with E-state index in [0.717, 1.165) is 37.2 Å². The van der Waals surface area contributed by atoms with Crippen LogP contribution in [-0.4, -0.2) is 50.5 Å². The molecule has 1 saturated heterocycles. The van der Waals surface area contributed by atoms with Gasteiger partial charge in [-0.15, -0.1) is 0 Å². The molecule has 40 heavy (non-hydrogen) atoms. The van der Waals surface area contributed by atoms with E-state index < -0.39 is 9.84 Å². The van der Waals surface area contributed by atoms with Gasteiger partial charge in [0.1, 0.15) is 5.75 Å². The van der Waals surface area contributed by atoms with Gasteiger partial charge in [-0.25, -0.2) is 8.42 Å². The number of rotatable bonds is 9. The first-order valence-corrected chi connectivity index (χ1v) is 15.6. The standard InChI is InChI=1S/C31H37N3O5S/c1-39-29-12-16-31(17-13-29)40(37,38)30-14-10-26(11-15-30)33(23-24-6-5-9-28(22-24)34(35)36)27-18-20-32(21-19-27)25-7-3-2-4-8-25/h5-6,9-17,22,25,27H,2-4,7-8,18-21,23H2,1H3. The van der Waals surface area contributed by atoms with E-state index in [-0.39, 0.29) is 26.4 Å². The molecule has 212 valence electrons. The number of non-ortho nitro benzene ring substituents is 1. The van der Waals surface area contributed by atoms with Crippen molar-refractivity contribution >= 4 is 21.2 Å². The molecule has 3 aromatic carbocycles. The summed E-state index contributed by atoms with van der Waals surface area (Å²) >= 11 is 0. The molecule has 0 spiro atoms. The van der Waals surface area contributed by atoms with E-state index in [9.17, 15) is 18.5 Å². The molecule has 0 bridgehead atoms. The van der Waals surface area contributed by atoms with Crippen molar-refractivity contribution in [1.82, 2.24) is 4.90 Å². The summed E-state index contributed by atoms with van der Waals surface area (Å²) in [5.41, 5.74) is 1.85. The molecule has 1 heterocycles. The van der Waals surface area contributed by atoms with Crippen LogP contribution < -0.4 is 9.64 Å². The Bertz CT molecular complexity index is 1400. The highest BCUT2D eigenvalue weighted by molar-refractivity contribution is 7.91. The Hall–Kier alpha value is -3.43. The van der Waals surface area contributed by atoms with Gasteiger partial charge in [0.2, 0.25) is 9.84 Å². The fourth-order valence-electron chi connectivity index (χ4n) is 6.11. The van der Waals surface area contributed by atoms with E-state index >= 15 is 0 Å². The van der Waals surface area contributed by atoms with Crippen LogP contribution in [0.4, 0.5) is 11.4 Å². The van der Waals surface area contributed by atoms with Crippen molar-refractivity contribution in [2.45, 2.75) is 73.4 Å². The van der Waals surface area contributed by atoms with Crippen LogP contribution in [0, 0.1) is 10.1 Å². The van der Waals surface area contributed by atoms with E-state index in [1.165, 1.54) is 38.2 Å².